The zero-order chi connectivity index (χ0) is 71.8. The molecule has 3 aliphatic rings. The van der Waals surface area contributed by atoms with E-state index in [1.54, 1.807) is 0 Å². The van der Waals surface area contributed by atoms with Gasteiger partial charge in [-0.3, -0.25) is 32.7 Å². The first-order valence-electron chi connectivity index (χ1n) is 37.2. The van der Waals surface area contributed by atoms with Gasteiger partial charge >= 0.3 is 19.8 Å². The first-order chi connectivity index (χ1) is 47.4. The number of ether oxygens (including phenoxy) is 8. The minimum absolute atomic E-state index is 0.0575. The largest absolute Gasteiger partial charge is 0.474 e. The standard InChI is InChI=1S/C69H129N2O26P/c1-4-6-8-10-12-14-16-18-20-22-24-26-28-30-32-39-56(77)89-48-50(92-57(78)40-33-31-29-27-25-23-21-19-17-15-13-11-9-7-5-2)49-91-98(86,87-3)90-44-42-71-55(76)38-35-34-37-54(75)70-41-36-43-88-67-63(84)60(81)65(52(46-73)94-67)97-69-64(85)61(82)66(53(47-74)95-69)96-68-62(83)59(80)58(79)51(45-72)93-68/h50-53,58-69,72-74,79-85H,4-49H2,1-3H3,(H,70,75)(H,71,76)/t50-,51?,52?,53?,58+,59+,60-,61-,62?,63?,64?,65-,66+,67-,68-,69+,98?/m1/s1. The number of aliphatic hydroxyl groups excluding tert-OH is 10. The van der Waals surface area contributed by atoms with Gasteiger partial charge in [-0.1, -0.05) is 194 Å². The maximum atomic E-state index is 13.5. The van der Waals surface area contributed by atoms with Crippen LogP contribution in [0.2, 0.25) is 0 Å². The van der Waals surface area contributed by atoms with Crippen molar-refractivity contribution < 1.29 is 126 Å². The third kappa shape index (κ3) is 37.2. The van der Waals surface area contributed by atoms with Crippen LogP contribution >= 0.6 is 7.82 Å². The van der Waals surface area contributed by atoms with Crippen molar-refractivity contribution in [1.82, 2.24) is 10.6 Å². The predicted molar refractivity (Wildman–Crippen MR) is 361 cm³/mol. The number of aliphatic hydroxyl groups is 10. The lowest BCUT2D eigenvalue weighted by Gasteiger charge is -2.48. The molecule has 2 amide bonds. The Morgan fingerprint density at radius 1 is 0.408 bits per heavy atom. The molecule has 17 atom stereocenters. The lowest BCUT2D eigenvalue weighted by molar-refractivity contribution is -0.379. The molecule has 0 bridgehead atoms. The van der Waals surface area contributed by atoms with Gasteiger partial charge in [0.25, 0.3) is 0 Å². The number of esters is 2. The maximum absolute atomic E-state index is 13.5. The number of amides is 2. The zero-order valence-electron chi connectivity index (χ0n) is 59.2. The van der Waals surface area contributed by atoms with Gasteiger partial charge < -0.3 is 99.6 Å². The SMILES string of the molecule is CCCCCCCCCCCCCCCCCC(=O)OC[C@H](COP(=O)(OC)OCCNC(=O)CCCCC(=O)NCCCO[C@@H]1OC(CO)[C@@H](O[C@@H]2OC(CO)[C@H](O[C@H]3OC(CO)[C@H](O)[C@H](O)C3O)[C@H](O)C2O)[C@H](O)C1O)OC(=O)CCCCCCCCCCCCCCCCC. The Balaban J connectivity index is 1.32. The molecule has 0 radical (unpaired) electrons. The van der Waals surface area contributed by atoms with Crippen molar-refractivity contribution >= 4 is 31.6 Å². The van der Waals surface area contributed by atoms with Crippen LogP contribution in [0.25, 0.3) is 0 Å². The lowest BCUT2D eigenvalue weighted by atomic mass is 9.96. The van der Waals surface area contributed by atoms with Crippen LogP contribution in [0.4, 0.5) is 0 Å². The average molecular weight is 1430 g/mol. The number of phosphoric ester groups is 1. The highest BCUT2D eigenvalue weighted by Crippen LogP contribution is 2.48. The van der Waals surface area contributed by atoms with E-state index in [0.29, 0.717) is 25.7 Å². The molecule has 0 aliphatic carbocycles. The monoisotopic (exact) mass is 1430 g/mol. The maximum Gasteiger partial charge on any atom is 0.474 e. The molecular weight excluding hydrogens is 1300 g/mol. The minimum atomic E-state index is -4.22. The Morgan fingerprint density at radius 2 is 0.786 bits per heavy atom. The van der Waals surface area contributed by atoms with E-state index in [1.165, 1.54) is 141 Å². The molecule has 576 valence electrons. The number of carbonyl (C=O) groups is 4. The summed E-state index contributed by atoms with van der Waals surface area (Å²) in [4.78, 5) is 51.1. The van der Waals surface area contributed by atoms with Crippen molar-refractivity contribution in [3.8, 4) is 0 Å². The first kappa shape index (κ1) is 89.6. The number of rotatable bonds is 60. The van der Waals surface area contributed by atoms with Crippen molar-refractivity contribution in [1.29, 1.82) is 0 Å². The van der Waals surface area contributed by atoms with Gasteiger partial charge in [0.05, 0.1) is 39.6 Å². The molecule has 3 rings (SSSR count). The fourth-order valence-electron chi connectivity index (χ4n) is 12.0. The second-order valence-corrected chi connectivity index (χ2v) is 28.2. The van der Waals surface area contributed by atoms with E-state index in [0.717, 1.165) is 45.6 Å². The van der Waals surface area contributed by atoms with Gasteiger partial charge in [-0.15, -0.1) is 0 Å². The molecule has 0 aromatic heterocycles. The molecule has 0 spiro atoms. The molecular formula is C69H129N2O26P. The summed E-state index contributed by atoms with van der Waals surface area (Å²) in [5.41, 5.74) is 0. The number of hydrogen-bond acceptors (Lipinski definition) is 26. The molecule has 0 aromatic rings. The Morgan fingerprint density at radius 3 is 1.22 bits per heavy atom. The van der Waals surface area contributed by atoms with Gasteiger partial charge in [0, 0.05) is 45.9 Å². The zero-order valence-corrected chi connectivity index (χ0v) is 60.1. The summed E-state index contributed by atoms with van der Waals surface area (Å²) >= 11 is 0. The van der Waals surface area contributed by atoms with E-state index >= 15 is 0 Å². The molecule has 3 aliphatic heterocycles. The summed E-state index contributed by atoms with van der Waals surface area (Å²) in [6.45, 7) is 1.02. The number of nitrogens with one attached hydrogen (secondary N) is 2. The molecule has 12 N–H and O–H groups in total. The van der Waals surface area contributed by atoms with E-state index < -0.39 is 144 Å². The van der Waals surface area contributed by atoms with Crippen LogP contribution in [0.1, 0.15) is 251 Å². The lowest BCUT2D eigenvalue weighted by Crippen LogP contribution is -2.66. The van der Waals surface area contributed by atoms with E-state index in [4.69, 9.17) is 51.5 Å². The van der Waals surface area contributed by atoms with E-state index in [1.807, 2.05) is 0 Å². The molecule has 98 heavy (non-hydrogen) atoms. The van der Waals surface area contributed by atoms with Crippen LogP contribution < -0.4 is 10.6 Å². The van der Waals surface area contributed by atoms with Crippen molar-refractivity contribution in [2.45, 2.75) is 350 Å². The van der Waals surface area contributed by atoms with Crippen molar-refractivity contribution in [3.05, 3.63) is 0 Å². The van der Waals surface area contributed by atoms with Gasteiger partial charge in [-0.05, 0) is 32.1 Å². The first-order valence-corrected chi connectivity index (χ1v) is 38.6. The number of unbranched alkanes of at least 4 members (excludes halogenated alkanes) is 29. The summed E-state index contributed by atoms with van der Waals surface area (Å²) in [6.07, 6.45) is 10.8. The molecule has 29 heteroatoms. The van der Waals surface area contributed by atoms with Crippen molar-refractivity contribution in [2.75, 3.05) is 66.4 Å². The highest BCUT2D eigenvalue weighted by atomic mass is 31.2. The van der Waals surface area contributed by atoms with Crippen LogP contribution in [-0.2, 0) is 75.2 Å². The third-order valence-corrected chi connectivity index (χ3v) is 19.5. The normalized spacial score (nSPS) is 26.7. The summed E-state index contributed by atoms with van der Waals surface area (Å²) in [5.74, 6) is -1.58. The Kier molecular flexibility index (Phi) is 50.2. The molecule has 3 saturated heterocycles. The smallest absolute Gasteiger partial charge is 0.462 e. The van der Waals surface area contributed by atoms with Crippen molar-refractivity contribution in [2.24, 2.45) is 0 Å². The van der Waals surface area contributed by atoms with Gasteiger partial charge in [-0.2, -0.15) is 0 Å². The quantitative estimate of drug-likeness (QED) is 0.0178. The van der Waals surface area contributed by atoms with E-state index in [9.17, 15) is 74.8 Å². The van der Waals surface area contributed by atoms with Gasteiger partial charge in [-0.25, -0.2) is 4.57 Å². The van der Waals surface area contributed by atoms with Crippen molar-refractivity contribution in [3.63, 3.8) is 0 Å². The van der Waals surface area contributed by atoms with E-state index in [2.05, 4.69) is 24.5 Å². The molecule has 0 aromatic carbocycles. The predicted octanol–water partition coefficient (Wildman–Crippen LogP) is 6.40. The van der Waals surface area contributed by atoms with Gasteiger partial charge in [0.15, 0.2) is 25.0 Å². The molecule has 28 nitrogen and oxygen atoms in total. The topological polar surface area (TPSA) is 413 Å². The highest BCUT2D eigenvalue weighted by Gasteiger charge is 2.53. The second-order valence-electron chi connectivity index (χ2n) is 26.4. The fraction of sp³-hybridized carbons (Fsp3) is 0.942. The Bertz CT molecular complexity index is 2090. The Labute approximate surface area is 582 Å². The summed E-state index contributed by atoms with van der Waals surface area (Å²) in [5, 5.41) is 110. The van der Waals surface area contributed by atoms with Crippen LogP contribution in [0.3, 0.4) is 0 Å². The number of carbonyl (C=O) groups excluding carboxylic acids is 4. The highest BCUT2D eigenvalue weighted by molar-refractivity contribution is 7.48. The summed E-state index contributed by atoms with van der Waals surface area (Å²) < 4.78 is 74.3. The molecule has 7 unspecified atom stereocenters. The molecule has 3 fully saturated rings. The Hall–Kier alpha value is -2.65. The third-order valence-electron chi connectivity index (χ3n) is 18.1. The van der Waals surface area contributed by atoms with Crippen LogP contribution in [0.5, 0.6) is 0 Å². The fourth-order valence-corrected chi connectivity index (χ4v) is 12.9. The van der Waals surface area contributed by atoms with Crippen LogP contribution in [-0.4, -0.2) is 239 Å². The minimum Gasteiger partial charge on any atom is -0.462 e. The van der Waals surface area contributed by atoms with Crippen LogP contribution in [0, 0.1) is 0 Å². The van der Waals surface area contributed by atoms with Crippen LogP contribution in [0.15, 0.2) is 0 Å². The summed E-state index contributed by atoms with van der Waals surface area (Å²) in [7, 11) is -3.09. The number of phosphoric acid groups is 1. The average Bonchev–Trinajstić information content (AvgIpc) is 0.782. The number of hydrogen-bond donors (Lipinski definition) is 12. The summed E-state index contributed by atoms with van der Waals surface area (Å²) in [6, 6.07) is 0. The van der Waals surface area contributed by atoms with E-state index in [-0.39, 0.29) is 76.8 Å². The second kappa shape index (κ2) is 54.9. The van der Waals surface area contributed by atoms with Gasteiger partial charge in [0.1, 0.15) is 79.9 Å². The molecule has 0 saturated carbocycles. The molecule has 3 heterocycles. The van der Waals surface area contributed by atoms with Gasteiger partial charge in [0.2, 0.25) is 11.8 Å².